The second kappa shape index (κ2) is 5.62. The van der Waals surface area contributed by atoms with Crippen LogP contribution >= 0.6 is 0 Å². The number of ether oxygens (including phenoxy) is 1. The zero-order chi connectivity index (χ0) is 17.6. The summed E-state index contributed by atoms with van der Waals surface area (Å²) in [6.45, 7) is 1.76. The molecule has 3 heterocycles. The number of hydrogen-bond acceptors (Lipinski definition) is 4. The van der Waals surface area contributed by atoms with Gasteiger partial charge in [-0.05, 0) is 23.8 Å². The third-order valence-electron chi connectivity index (χ3n) is 4.24. The highest BCUT2D eigenvalue weighted by Crippen LogP contribution is 2.35. The Morgan fingerprint density at radius 2 is 2.12 bits per heavy atom. The van der Waals surface area contributed by atoms with E-state index in [0.29, 0.717) is 35.5 Å². The Morgan fingerprint density at radius 1 is 1.28 bits per heavy atom. The van der Waals surface area contributed by atoms with Gasteiger partial charge in [0.05, 0.1) is 23.4 Å². The highest BCUT2D eigenvalue weighted by Gasteiger charge is 2.27. The third kappa shape index (κ3) is 2.59. The summed E-state index contributed by atoms with van der Waals surface area (Å²) in [6.07, 6.45) is 3.97. The predicted molar refractivity (Wildman–Crippen MR) is 92.0 cm³/mol. The van der Waals surface area contributed by atoms with Gasteiger partial charge in [-0.1, -0.05) is 6.07 Å². The average Bonchev–Trinajstić information content (AvgIpc) is 3.10. The molecule has 2 aliphatic rings. The number of cyclic esters (lactones) is 1. The molecule has 0 spiro atoms. The molecule has 0 atom stereocenters. The maximum atomic E-state index is 12.4. The zero-order valence-corrected chi connectivity index (χ0v) is 13.4. The minimum Gasteiger partial charge on any atom is -0.462 e. The van der Waals surface area contributed by atoms with Crippen molar-refractivity contribution in [1.82, 2.24) is 4.98 Å². The lowest BCUT2D eigenvalue weighted by molar-refractivity contribution is -0.114. The van der Waals surface area contributed by atoms with E-state index in [9.17, 15) is 14.4 Å². The van der Waals surface area contributed by atoms with Crippen molar-refractivity contribution in [3.63, 3.8) is 0 Å². The fourth-order valence-corrected chi connectivity index (χ4v) is 3.14. The van der Waals surface area contributed by atoms with Crippen LogP contribution in [0.1, 0.15) is 34.1 Å². The van der Waals surface area contributed by atoms with Crippen molar-refractivity contribution < 1.29 is 19.1 Å². The van der Waals surface area contributed by atoms with Gasteiger partial charge >= 0.3 is 5.97 Å². The lowest BCUT2D eigenvalue weighted by Gasteiger charge is -2.12. The quantitative estimate of drug-likeness (QED) is 0.577. The first-order valence-corrected chi connectivity index (χ1v) is 7.85. The molecule has 4 rings (SSSR count). The smallest absolute Gasteiger partial charge is 0.339 e. The molecule has 0 fully saturated rings. The second-order valence-electron chi connectivity index (χ2n) is 5.93. The summed E-state index contributed by atoms with van der Waals surface area (Å²) in [7, 11) is 0. The third-order valence-corrected chi connectivity index (χ3v) is 4.24. The highest BCUT2D eigenvalue weighted by atomic mass is 16.5. The van der Waals surface area contributed by atoms with Gasteiger partial charge in [0.15, 0.2) is 0 Å². The molecule has 2 amide bonds. The van der Waals surface area contributed by atoms with Gasteiger partial charge < -0.3 is 20.4 Å². The summed E-state index contributed by atoms with van der Waals surface area (Å²) in [5, 5.41) is 5.49. The number of aromatic amines is 1. The van der Waals surface area contributed by atoms with Crippen LogP contribution in [0.5, 0.6) is 0 Å². The largest absolute Gasteiger partial charge is 0.462 e. The van der Waals surface area contributed by atoms with Crippen molar-refractivity contribution in [3.05, 3.63) is 46.8 Å². The minimum atomic E-state index is -0.349. The summed E-state index contributed by atoms with van der Waals surface area (Å²) in [5.41, 5.74) is 4.62. The molecular formula is C18H15N3O4. The molecule has 0 saturated carbocycles. The molecule has 3 N–H and O–H groups in total. The first kappa shape index (κ1) is 15.2. The van der Waals surface area contributed by atoms with Crippen LogP contribution in [0, 0.1) is 0 Å². The van der Waals surface area contributed by atoms with E-state index in [1.807, 2.05) is 0 Å². The van der Waals surface area contributed by atoms with Gasteiger partial charge in [-0.3, -0.25) is 9.59 Å². The van der Waals surface area contributed by atoms with E-state index in [4.69, 9.17) is 4.74 Å². The maximum absolute atomic E-state index is 12.4. The number of fused-ring (bicyclic) bond motifs is 2. The number of amides is 2. The number of nitrogens with one attached hydrogen (secondary N) is 3. The average molecular weight is 337 g/mol. The molecule has 0 unspecified atom stereocenters. The molecule has 0 saturated heterocycles. The molecule has 126 valence electrons. The van der Waals surface area contributed by atoms with E-state index in [2.05, 4.69) is 15.6 Å². The number of carbonyl (C=O) groups excluding carboxylic acids is 3. The second-order valence-corrected chi connectivity index (χ2v) is 5.93. The fraction of sp³-hybridized carbons (Fsp3) is 0.167. The van der Waals surface area contributed by atoms with Crippen molar-refractivity contribution >= 4 is 40.8 Å². The van der Waals surface area contributed by atoms with Crippen LogP contribution in [0.3, 0.4) is 0 Å². The van der Waals surface area contributed by atoms with Crippen LogP contribution in [-0.4, -0.2) is 29.4 Å². The van der Waals surface area contributed by atoms with E-state index in [0.717, 1.165) is 16.8 Å². The number of aromatic nitrogens is 1. The summed E-state index contributed by atoms with van der Waals surface area (Å²) in [6, 6.07) is 5.25. The Hall–Kier alpha value is -3.35. The zero-order valence-electron chi connectivity index (χ0n) is 13.4. The predicted octanol–water partition coefficient (Wildman–Crippen LogP) is 2.18. The first-order chi connectivity index (χ1) is 12.0. The normalized spacial score (nSPS) is 16.9. The van der Waals surface area contributed by atoms with Gasteiger partial charge in [0, 0.05) is 36.5 Å². The van der Waals surface area contributed by atoms with Crippen molar-refractivity contribution in [2.45, 2.75) is 13.3 Å². The summed E-state index contributed by atoms with van der Waals surface area (Å²) in [5.74, 6) is -0.750. The molecule has 7 nitrogen and oxygen atoms in total. The van der Waals surface area contributed by atoms with E-state index in [-0.39, 0.29) is 17.8 Å². The Bertz CT molecular complexity index is 955. The number of hydrogen-bond donors (Lipinski definition) is 3. The van der Waals surface area contributed by atoms with Gasteiger partial charge in [-0.15, -0.1) is 0 Å². The van der Waals surface area contributed by atoms with Crippen molar-refractivity contribution in [1.29, 1.82) is 0 Å². The van der Waals surface area contributed by atoms with E-state index < -0.39 is 0 Å². The molecular weight excluding hydrogens is 322 g/mol. The van der Waals surface area contributed by atoms with Gasteiger partial charge in [0.1, 0.15) is 0 Å². The van der Waals surface area contributed by atoms with Crippen molar-refractivity contribution in [2.24, 2.45) is 0 Å². The summed E-state index contributed by atoms with van der Waals surface area (Å²) < 4.78 is 5.02. The molecule has 0 radical (unpaired) electrons. The number of esters is 1. The van der Waals surface area contributed by atoms with Crippen LogP contribution in [-0.2, 0) is 20.7 Å². The van der Waals surface area contributed by atoms with Crippen LogP contribution in [0.2, 0.25) is 0 Å². The van der Waals surface area contributed by atoms with Crippen LogP contribution in [0.4, 0.5) is 11.4 Å². The molecule has 1 aromatic heterocycles. The molecule has 2 aromatic rings. The SMILES string of the molecule is CC(=O)Nc1ccc2c(c1)NC(=O)/C2=C\c1[nH]cc2c1CCOC2=O. The van der Waals surface area contributed by atoms with Crippen LogP contribution < -0.4 is 10.6 Å². The van der Waals surface area contributed by atoms with Gasteiger partial charge in [-0.25, -0.2) is 4.79 Å². The lowest BCUT2D eigenvalue weighted by atomic mass is 10.0. The number of carbonyl (C=O) groups is 3. The van der Waals surface area contributed by atoms with Crippen LogP contribution in [0.15, 0.2) is 24.4 Å². The number of rotatable bonds is 2. The van der Waals surface area contributed by atoms with E-state index >= 15 is 0 Å². The van der Waals surface area contributed by atoms with Crippen molar-refractivity contribution in [2.75, 3.05) is 17.2 Å². The maximum Gasteiger partial charge on any atom is 0.339 e. The molecule has 0 bridgehead atoms. The van der Waals surface area contributed by atoms with E-state index in [1.165, 1.54) is 6.92 Å². The molecule has 7 heteroatoms. The number of H-pyrrole nitrogens is 1. The monoisotopic (exact) mass is 337 g/mol. The van der Waals surface area contributed by atoms with E-state index in [1.54, 1.807) is 30.5 Å². The summed E-state index contributed by atoms with van der Waals surface area (Å²) in [4.78, 5) is 38.3. The Morgan fingerprint density at radius 3 is 2.92 bits per heavy atom. The van der Waals surface area contributed by atoms with Crippen LogP contribution in [0.25, 0.3) is 11.6 Å². The topological polar surface area (TPSA) is 100 Å². The molecule has 0 aliphatic carbocycles. The van der Waals surface area contributed by atoms with Crippen molar-refractivity contribution in [3.8, 4) is 0 Å². The molecule has 1 aromatic carbocycles. The highest BCUT2D eigenvalue weighted by molar-refractivity contribution is 6.35. The minimum absolute atomic E-state index is 0.176. The number of anilines is 2. The number of benzene rings is 1. The lowest BCUT2D eigenvalue weighted by Crippen LogP contribution is -2.16. The Kier molecular flexibility index (Phi) is 3.42. The molecule has 25 heavy (non-hydrogen) atoms. The first-order valence-electron chi connectivity index (χ1n) is 7.85. The fourth-order valence-electron chi connectivity index (χ4n) is 3.14. The van der Waals surface area contributed by atoms with Gasteiger partial charge in [0.25, 0.3) is 5.91 Å². The summed E-state index contributed by atoms with van der Waals surface area (Å²) >= 11 is 0. The molecule has 2 aliphatic heterocycles. The Labute approximate surface area is 143 Å². The standard InChI is InChI=1S/C18H15N3O4/c1-9(22)20-10-2-3-11-13(17(23)21-16(11)6-10)7-15-12-4-5-25-18(24)14(12)8-19-15/h2-3,6-8,19H,4-5H2,1H3,(H,20,22)(H,21,23)/b13-7-. The Balaban J connectivity index is 1.73. The van der Waals surface area contributed by atoms with Gasteiger partial charge in [-0.2, -0.15) is 0 Å². The van der Waals surface area contributed by atoms with Gasteiger partial charge in [0.2, 0.25) is 5.91 Å².